The predicted octanol–water partition coefficient (Wildman–Crippen LogP) is 3.70. The van der Waals surface area contributed by atoms with E-state index in [-0.39, 0.29) is 17.2 Å². The van der Waals surface area contributed by atoms with Gasteiger partial charge in [0.2, 0.25) is 5.91 Å². The minimum atomic E-state index is -0.241. The Morgan fingerprint density at radius 3 is 2.89 bits per heavy atom. The van der Waals surface area contributed by atoms with Crippen molar-refractivity contribution in [2.45, 2.75) is 56.0 Å². The topological polar surface area (TPSA) is 69.0 Å². The van der Waals surface area contributed by atoms with E-state index in [0.29, 0.717) is 11.1 Å². The van der Waals surface area contributed by atoms with Gasteiger partial charge < -0.3 is 10.1 Å². The molecule has 7 heteroatoms. The molecule has 2 saturated carbocycles. The molecule has 2 aliphatic carbocycles. The molecule has 2 aromatic rings. The number of nitrogens with one attached hydrogen (secondary N) is 1. The molecule has 1 aromatic carbocycles. The van der Waals surface area contributed by atoms with Gasteiger partial charge in [-0.15, -0.1) is 10.2 Å². The van der Waals surface area contributed by atoms with E-state index in [1.165, 1.54) is 37.4 Å². The van der Waals surface area contributed by atoms with Crippen LogP contribution in [0.15, 0.2) is 35.7 Å². The third kappa shape index (κ3) is 3.90. The molecule has 2 bridgehead atoms. The highest BCUT2D eigenvalue weighted by Gasteiger charge is 2.42. The number of amides is 1. The fourth-order valence-electron chi connectivity index (χ4n) is 4.81. The zero-order chi connectivity index (χ0) is 19.7. The van der Waals surface area contributed by atoms with Gasteiger partial charge in [0.25, 0.3) is 0 Å². The van der Waals surface area contributed by atoms with Gasteiger partial charge in [0.05, 0.1) is 18.0 Å². The Hall–Kier alpha value is -2.02. The number of nitrogens with zero attached hydrogens (tertiary/aromatic N) is 3. The summed E-state index contributed by atoms with van der Waals surface area (Å²) in [5.74, 6) is 3.18. The van der Waals surface area contributed by atoms with Gasteiger partial charge in [-0.25, -0.2) is 0 Å². The molecule has 1 aromatic heterocycles. The number of fused-ring (bicyclic) bond motifs is 2. The monoisotopic (exact) mass is 400 g/mol. The van der Waals surface area contributed by atoms with Crippen LogP contribution in [0.3, 0.4) is 0 Å². The van der Waals surface area contributed by atoms with Crippen molar-refractivity contribution in [3.8, 4) is 11.4 Å². The molecule has 0 radical (unpaired) electrons. The second kappa shape index (κ2) is 8.15. The third-order valence-electron chi connectivity index (χ3n) is 6.30. The Labute approximate surface area is 170 Å². The molecule has 0 spiro atoms. The maximum absolute atomic E-state index is 12.8. The Kier molecular flexibility index (Phi) is 5.62. The van der Waals surface area contributed by atoms with E-state index in [1.54, 1.807) is 13.4 Å². The maximum Gasteiger partial charge on any atom is 0.233 e. The molecular formula is C21H28N4O2S. The van der Waals surface area contributed by atoms with Crippen LogP contribution in [-0.4, -0.2) is 39.1 Å². The van der Waals surface area contributed by atoms with Gasteiger partial charge in [0, 0.05) is 12.1 Å². The van der Waals surface area contributed by atoms with E-state index < -0.39 is 0 Å². The van der Waals surface area contributed by atoms with Crippen LogP contribution in [0.2, 0.25) is 0 Å². The van der Waals surface area contributed by atoms with Crippen molar-refractivity contribution in [1.82, 2.24) is 20.1 Å². The minimum absolute atomic E-state index is 0.0699. The summed E-state index contributed by atoms with van der Waals surface area (Å²) in [6.45, 7) is 4.09. The highest BCUT2D eigenvalue weighted by Crippen LogP contribution is 2.49. The molecule has 4 rings (SSSR count). The lowest BCUT2D eigenvalue weighted by Gasteiger charge is -2.29. The largest absolute Gasteiger partial charge is 0.497 e. The smallest absolute Gasteiger partial charge is 0.233 e. The van der Waals surface area contributed by atoms with Gasteiger partial charge >= 0.3 is 0 Å². The van der Waals surface area contributed by atoms with Gasteiger partial charge in [-0.1, -0.05) is 24.2 Å². The summed E-state index contributed by atoms with van der Waals surface area (Å²) in [5.41, 5.74) is 0.912. The van der Waals surface area contributed by atoms with Gasteiger partial charge in [-0.3, -0.25) is 9.36 Å². The normalized spacial score (nSPS) is 25.5. The first-order valence-corrected chi connectivity index (χ1v) is 10.9. The molecule has 5 atom stereocenters. The van der Waals surface area contributed by atoms with Gasteiger partial charge in [0.1, 0.15) is 12.1 Å². The van der Waals surface area contributed by atoms with E-state index in [1.807, 2.05) is 35.8 Å². The highest BCUT2D eigenvalue weighted by molar-refractivity contribution is 8.00. The first kappa shape index (κ1) is 19.3. The quantitative estimate of drug-likeness (QED) is 0.718. The summed E-state index contributed by atoms with van der Waals surface area (Å²) in [6, 6.07) is 7.96. The first-order valence-electron chi connectivity index (χ1n) is 10.1. The van der Waals surface area contributed by atoms with Crippen LogP contribution in [0.1, 0.15) is 39.5 Å². The summed E-state index contributed by atoms with van der Waals surface area (Å²) >= 11 is 1.43. The molecule has 150 valence electrons. The molecule has 1 N–H and O–H groups in total. The molecule has 6 nitrogen and oxygen atoms in total. The molecule has 0 unspecified atom stereocenters. The fourth-order valence-corrected chi connectivity index (χ4v) is 5.66. The Bertz CT molecular complexity index is 839. The van der Waals surface area contributed by atoms with Crippen molar-refractivity contribution in [3.63, 3.8) is 0 Å². The van der Waals surface area contributed by atoms with E-state index in [9.17, 15) is 4.79 Å². The van der Waals surface area contributed by atoms with Crippen LogP contribution in [0.4, 0.5) is 0 Å². The number of ether oxygens (including phenoxy) is 1. The number of carbonyl (C=O) groups is 1. The van der Waals surface area contributed by atoms with Crippen molar-refractivity contribution in [3.05, 3.63) is 30.6 Å². The molecule has 1 amide bonds. The maximum atomic E-state index is 12.8. The number of rotatable bonds is 7. The minimum Gasteiger partial charge on any atom is -0.497 e. The van der Waals surface area contributed by atoms with E-state index in [4.69, 9.17) is 4.74 Å². The number of hydrogen-bond donors (Lipinski definition) is 1. The van der Waals surface area contributed by atoms with Crippen LogP contribution in [0.25, 0.3) is 5.69 Å². The molecule has 0 aliphatic heterocycles. The summed E-state index contributed by atoms with van der Waals surface area (Å²) in [4.78, 5) is 12.8. The zero-order valence-electron chi connectivity index (χ0n) is 16.7. The Balaban J connectivity index is 1.39. The number of aromatic nitrogens is 3. The average Bonchev–Trinajstić information content (AvgIpc) is 3.45. The molecule has 2 aliphatic rings. The number of benzene rings is 1. The molecular weight excluding hydrogens is 372 g/mol. The van der Waals surface area contributed by atoms with Crippen LogP contribution < -0.4 is 10.1 Å². The fraction of sp³-hybridized carbons (Fsp3) is 0.571. The second-order valence-electron chi connectivity index (χ2n) is 8.08. The van der Waals surface area contributed by atoms with Gasteiger partial charge in [-0.2, -0.15) is 0 Å². The second-order valence-corrected chi connectivity index (χ2v) is 9.39. The van der Waals surface area contributed by atoms with E-state index in [0.717, 1.165) is 23.3 Å². The summed E-state index contributed by atoms with van der Waals surface area (Å²) in [6.07, 6.45) is 7.02. The van der Waals surface area contributed by atoms with Gasteiger partial charge in [-0.05, 0) is 63.0 Å². The van der Waals surface area contributed by atoms with Crippen molar-refractivity contribution < 1.29 is 9.53 Å². The van der Waals surface area contributed by atoms with Crippen molar-refractivity contribution in [2.24, 2.45) is 17.8 Å². The average molecular weight is 401 g/mol. The van der Waals surface area contributed by atoms with Crippen molar-refractivity contribution in [2.75, 3.05) is 7.11 Å². The van der Waals surface area contributed by atoms with Gasteiger partial charge in [0.15, 0.2) is 5.16 Å². The molecule has 0 saturated heterocycles. The number of thioether (sulfide) groups is 1. The van der Waals surface area contributed by atoms with Crippen molar-refractivity contribution in [1.29, 1.82) is 0 Å². The van der Waals surface area contributed by atoms with Crippen LogP contribution in [0.5, 0.6) is 5.75 Å². The highest BCUT2D eigenvalue weighted by atomic mass is 32.2. The van der Waals surface area contributed by atoms with Crippen molar-refractivity contribution >= 4 is 17.7 Å². The molecule has 28 heavy (non-hydrogen) atoms. The third-order valence-corrected chi connectivity index (χ3v) is 7.36. The number of methoxy groups -OCH3 is 1. The Morgan fingerprint density at radius 1 is 1.32 bits per heavy atom. The summed E-state index contributed by atoms with van der Waals surface area (Å²) in [5, 5.41) is 12.0. The molecule has 1 heterocycles. The standard InChI is InChI=1S/C21H28N4O2S/c1-13(19-10-15-7-8-16(19)9-15)23-20(26)14(2)28-21-24-22-12-25(21)17-5-4-6-18(11-17)27-3/h4-6,11-16,19H,7-10H2,1-3H3,(H,23,26)/t13-,14+,15-,16-,19-/m0/s1. The lowest BCUT2D eigenvalue weighted by Crippen LogP contribution is -2.43. The predicted molar refractivity (Wildman–Crippen MR) is 110 cm³/mol. The Morgan fingerprint density at radius 2 is 2.18 bits per heavy atom. The van der Waals surface area contributed by atoms with E-state index in [2.05, 4.69) is 22.4 Å². The number of hydrogen-bond acceptors (Lipinski definition) is 5. The van der Waals surface area contributed by atoms with Crippen LogP contribution in [0, 0.1) is 17.8 Å². The first-order chi connectivity index (χ1) is 13.5. The number of carbonyl (C=O) groups excluding carboxylic acids is 1. The lowest BCUT2D eigenvalue weighted by atomic mass is 9.84. The lowest BCUT2D eigenvalue weighted by molar-refractivity contribution is -0.121. The molecule has 2 fully saturated rings. The summed E-state index contributed by atoms with van der Waals surface area (Å²) in [7, 11) is 1.64. The zero-order valence-corrected chi connectivity index (χ0v) is 17.5. The van der Waals surface area contributed by atoms with Crippen LogP contribution >= 0.6 is 11.8 Å². The SMILES string of the molecule is COc1cccc(-n2cnnc2S[C@H](C)C(=O)N[C@@H](C)[C@@H]2C[C@H]3CC[C@H]2C3)c1. The van der Waals surface area contributed by atoms with E-state index >= 15 is 0 Å². The van der Waals surface area contributed by atoms with Crippen LogP contribution in [-0.2, 0) is 4.79 Å². The summed E-state index contributed by atoms with van der Waals surface area (Å²) < 4.78 is 7.19.